The van der Waals surface area contributed by atoms with Gasteiger partial charge in [-0.3, -0.25) is 9.69 Å². The summed E-state index contributed by atoms with van der Waals surface area (Å²) >= 11 is 0. The van der Waals surface area contributed by atoms with Gasteiger partial charge in [0.15, 0.2) is 0 Å². The lowest BCUT2D eigenvalue weighted by atomic mass is 9.94. The Bertz CT molecular complexity index is 872. The molecule has 0 unspecified atom stereocenters. The standard InChI is InChI=1S/C25H33N3O3/c1-2-31-24-10-6-4-8-22(24)27-15-17-28(18-16-27)25(30)20-11-13-26(14-12-20)19-21-7-3-5-9-23(21)29/h3-10,20,29H,2,11-19H2,1H3. The Labute approximate surface area is 185 Å². The van der Waals surface area contributed by atoms with E-state index in [9.17, 15) is 9.90 Å². The smallest absolute Gasteiger partial charge is 0.225 e. The summed E-state index contributed by atoms with van der Waals surface area (Å²) in [6.07, 6.45) is 1.78. The zero-order valence-corrected chi connectivity index (χ0v) is 18.4. The van der Waals surface area contributed by atoms with E-state index in [-0.39, 0.29) is 5.92 Å². The molecule has 2 heterocycles. The fourth-order valence-electron chi connectivity index (χ4n) is 4.65. The van der Waals surface area contributed by atoms with Crippen molar-refractivity contribution in [1.82, 2.24) is 9.80 Å². The van der Waals surface area contributed by atoms with E-state index in [1.165, 1.54) is 0 Å². The molecule has 2 aliphatic heterocycles. The van der Waals surface area contributed by atoms with E-state index >= 15 is 0 Å². The van der Waals surface area contributed by atoms with E-state index in [1.54, 1.807) is 6.07 Å². The lowest BCUT2D eigenvalue weighted by Crippen LogP contribution is -2.51. The van der Waals surface area contributed by atoms with Crippen molar-refractivity contribution in [1.29, 1.82) is 0 Å². The molecule has 0 radical (unpaired) electrons. The number of amides is 1. The summed E-state index contributed by atoms with van der Waals surface area (Å²) in [7, 11) is 0. The third-order valence-electron chi connectivity index (χ3n) is 6.42. The number of ether oxygens (including phenoxy) is 1. The van der Waals surface area contributed by atoms with Crippen molar-refractivity contribution in [2.75, 3.05) is 50.8 Å². The Morgan fingerprint density at radius 3 is 2.35 bits per heavy atom. The topological polar surface area (TPSA) is 56.2 Å². The molecule has 6 heteroatoms. The number of carbonyl (C=O) groups excluding carboxylic acids is 1. The number of nitrogens with zero attached hydrogens (tertiary/aromatic N) is 3. The molecule has 2 fully saturated rings. The minimum absolute atomic E-state index is 0.114. The van der Waals surface area contributed by atoms with E-state index in [4.69, 9.17) is 4.74 Å². The molecule has 2 aromatic carbocycles. The number of rotatable bonds is 6. The molecule has 0 aliphatic carbocycles. The van der Waals surface area contributed by atoms with Crippen molar-refractivity contribution < 1.29 is 14.6 Å². The molecule has 0 spiro atoms. The first-order valence-corrected chi connectivity index (χ1v) is 11.4. The summed E-state index contributed by atoms with van der Waals surface area (Å²) in [4.78, 5) is 19.8. The monoisotopic (exact) mass is 423 g/mol. The van der Waals surface area contributed by atoms with Crippen LogP contribution in [0.15, 0.2) is 48.5 Å². The van der Waals surface area contributed by atoms with E-state index in [2.05, 4.69) is 15.9 Å². The molecule has 0 saturated carbocycles. The first-order valence-electron chi connectivity index (χ1n) is 11.4. The third kappa shape index (κ3) is 5.13. The second-order valence-electron chi connectivity index (χ2n) is 8.39. The molecule has 2 saturated heterocycles. The Kier molecular flexibility index (Phi) is 6.97. The van der Waals surface area contributed by atoms with Crippen LogP contribution in [0.5, 0.6) is 11.5 Å². The number of likely N-dealkylation sites (tertiary alicyclic amines) is 1. The van der Waals surface area contributed by atoms with Crippen molar-refractivity contribution in [2.24, 2.45) is 5.92 Å². The quantitative estimate of drug-likeness (QED) is 0.772. The summed E-state index contributed by atoms with van der Waals surface area (Å²) in [5.41, 5.74) is 2.07. The van der Waals surface area contributed by atoms with Crippen molar-refractivity contribution in [2.45, 2.75) is 26.3 Å². The second kappa shape index (κ2) is 10.1. The highest BCUT2D eigenvalue weighted by Crippen LogP contribution is 2.30. The Balaban J connectivity index is 1.27. The molecule has 1 N–H and O–H groups in total. The summed E-state index contributed by atoms with van der Waals surface area (Å²) in [5.74, 6) is 1.69. The molecule has 1 amide bonds. The number of benzene rings is 2. The van der Waals surface area contributed by atoms with Crippen LogP contribution in [-0.4, -0.2) is 66.7 Å². The SMILES string of the molecule is CCOc1ccccc1N1CCN(C(=O)C2CCN(Cc3ccccc3O)CC2)CC1. The zero-order valence-electron chi connectivity index (χ0n) is 18.4. The van der Waals surface area contributed by atoms with Crippen LogP contribution in [0.25, 0.3) is 0 Å². The van der Waals surface area contributed by atoms with Crippen LogP contribution in [-0.2, 0) is 11.3 Å². The van der Waals surface area contributed by atoms with Crippen molar-refractivity contribution >= 4 is 11.6 Å². The molecule has 2 aliphatic rings. The van der Waals surface area contributed by atoms with E-state index in [0.29, 0.717) is 18.3 Å². The average molecular weight is 424 g/mol. The number of phenols is 1. The molecule has 2 aromatic rings. The number of aromatic hydroxyl groups is 1. The van der Waals surface area contributed by atoms with Crippen LogP contribution >= 0.6 is 0 Å². The van der Waals surface area contributed by atoms with Gasteiger partial charge in [-0.25, -0.2) is 0 Å². The fraction of sp³-hybridized carbons (Fsp3) is 0.480. The minimum Gasteiger partial charge on any atom is -0.508 e. The fourth-order valence-corrected chi connectivity index (χ4v) is 4.65. The second-order valence-corrected chi connectivity index (χ2v) is 8.39. The lowest BCUT2D eigenvalue weighted by Gasteiger charge is -2.39. The number of piperazine rings is 1. The van der Waals surface area contributed by atoms with Gasteiger partial charge in [-0.1, -0.05) is 30.3 Å². The van der Waals surface area contributed by atoms with Gasteiger partial charge in [0.05, 0.1) is 12.3 Å². The van der Waals surface area contributed by atoms with Gasteiger partial charge in [0.2, 0.25) is 5.91 Å². The predicted molar refractivity (Wildman–Crippen MR) is 123 cm³/mol. The number of phenolic OH excluding ortho intramolecular Hbond substituents is 1. The van der Waals surface area contributed by atoms with Crippen molar-refractivity contribution in [3.05, 3.63) is 54.1 Å². The number of piperidine rings is 1. The largest absolute Gasteiger partial charge is 0.508 e. The number of hydrogen-bond acceptors (Lipinski definition) is 5. The van der Waals surface area contributed by atoms with Crippen LogP contribution in [0.3, 0.4) is 0 Å². The Morgan fingerprint density at radius 2 is 1.65 bits per heavy atom. The molecule has 0 aromatic heterocycles. The average Bonchev–Trinajstić information content (AvgIpc) is 2.81. The third-order valence-corrected chi connectivity index (χ3v) is 6.42. The number of para-hydroxylation sites is 3. The predicted octanol–water partition coefficient (Wildman–Crippen LogP) is 3.35. The van der Waals surface area contributed by atoms with Gasteiger partial charge in [0.25, 0.3) is 0 Å². The normalized spacial score (nSPS) is 18.2. The van der Waals surface area contributed by atoms with Crippen LogP contribution in [0.2, 0.25) is 0 Å². The summed E-state index contributed by atoms with van der Waals surface area (Å²) in [5, 5.41) is 10.0. The first-order chi connectivity index (χ1) is 15.2. The van der Waals surface area contributed by atoms with Gasteiger partial charge in [0.1, 0.15) is 11.5 Å². The minimum atomic E-state index is 0.114. The maximum atomic E-state index is 13.1. The number of hydrogen-bond donors (Lipinski definition) is 1. The van der Waals surface area contributed by atoms with Gasteiger partial charge >= 0.3 is 0 Å². The summed E-state index contributed by atoms with van der Waals surface area (Å²) in [6, 6.07) is 15.7. The highest BCUT2D eigenvalue weighted by atomic mass is 16.5. The highest BCUT2D eigenvalue weighted by molar-refractivity contribution is 5.79. The highest BCUT2D eigenvalue weighted by Gasteiger charge is 2.31. The van der Waals surface area contributed by atoms with Crippen molar-refractivity contribution in [3.63, 3.8) is 0 Å². The molecular formula is C25H33N3O3. The maximum absolute atomic E-state index is 13.1. The zero-order chi connectivity index (χ0) is 21.6. The van der Waals surface area contributed by atoms with Crippen LogP contribution in [0, 0.1) is 5.92 Å². The van der Waals surface area contributed by atoms with Gasteiger partial charge in [-0.05, 0) is 51.1 Å². The van der Waals surface area contributed by atoms with E-state index in [0.717, 1.165) is 75.7 Å². The molecule has 31 heavy (non-hydrogen) atoms. The summed E-state index contributed by atoms with van der Waals surface area (Å²) in [6.45, 7) is 8.38. The molecular weight excluding hydrogens is 390 g/mol. The van der Waals surface area contributed by atoms with Crippen molar-refractivity contribution in [3.8, 4) is 11.5 Å². The Hall–Kier alpha value is -2.73. The van der Waals surface area contributed by atoms with Gasteiger partial charge in [-0.2, -0.15) is 0 Å². The van der Waals surface area contributed by atoms with Crippen LogP contribution < -0.4 is 9.64 Å². The number of carbonyl (C=O) groups is 1. The summed E-state index contributed by atoms with van der Waals surface area (Å²) < 4.78 is 5.78. The van der Waals surface area contributed by atoms with Crippen LogP contribution in [0.4, 0.5) is 5.69 Å². The van der Waals surface area contributed by atoms with Crippen LogP contribution in [0.1, 0.15) is 25.3 Å². The first kappa shape index (κ1) is 21.5. The molecule has 6 nitrogen and oxygen atoms in total. The van der Waals surface area contributed by atoms with Gasteiger partial charge in [0, 0.05) is 44.2 Å². The van der Waals surface area contributed by atoms with Gasteiger partial charge in [-0.15, -0.1) is 0 Å². The molecule has 0 atom stereocenters. The van der Waals surface area contributed by atoms with E-state index in [1.807, 2.05) is 48.2 Å². The molecule has 4 rings (SSSR count). The maximum Gasteiger partial charge on any atom is 0.225 e. The van der Waals surface area contributed by atoms with Gasteiger partial charge < -0.3 is 19.6 Å². The van der Waals surface area contributed by atoms with E-state index < -0.39 is 0 Å². The number of anilines is 1. The Morgan fingerprint density at radius 1 is 0.968 bits per heavy atom. The molecule has 0 bridgehead atoms. The lowest BCUT2D eigenvalue weighted by molar-refractivity contribution is -0.137. The molecule has 166 valence electrons.